The predicted octanol–water partition coefficient (Wildman–Crippen LogP) is 3.36. The van der Waals surface area contributed by atoms with Crippen LogP contribution in [0.3, 0.4) is 0 Å². The van der Waals surface area contributed by atoms with Gasteiger partial charge in [0, 0.05) is 19.7 Å². The van der Waals surface area contributed by atoms with Crippen molar-refractivity contribution in [1.29, 1.82) is 0 Å². The van der Waals surface area contributed by atoms with Crippen LogP contribution >= 0.6 is 0 Å². The zero-order chi connectivity index (χ0) is 14.7. The van der Waals surface area contributed by atoms with Crippen molar-refractivity contribution in [3.05, 3.63) is 78.4 Å². The summed E-state index contributed by atoms with van der Waals surface area (Å²) >= 11 is 0. The van der Waals surface area contributed by atoms with Crippen LogP contribution in [0, 0.1) is 0 Å². The summed E-state index contributed by atoms with van der Waals surface area (Å²) in [5, 5.41) is 10.6. The number of benzene rings is 2. The summed E-state index contributed by atoms with van der Waals surface area (Å²) in [6, 6.07) is 18.1. The van der Waals surface area contributed by atoms with E-state index in [4.69, 9.17) is 0 Å². The summed E-state index contributed by atoms with van der Waals surface area (Å²) in [7, 11) is 1.93. The van der Waals surface area contributed by atoms with E-state index < -0.39 is 6.10 Å². The molecule has 0 saturated carbocycles. The molecule has 3 aromatic rings. The molecule has 0 bridgehead atoms. The summed E-state index contributed by atoms with van der Waals surface area (Å²) in [4.78, 5) is 4.29. The average molecular weight is 278 g/mol. The fourth-order valence-electron chi connectivity index (χ4n) is 2.55. The van der Waals surface area contributed by atoms with E-state index in [1.165, 1.54) is 0 Å². The molecule has 3 rings (SSSR count). The molecule has 1 heterocycles. The maximum Gasteiger partial charge on any atom is 0.0946 e. The second-order valence-corrected chi connectivity index (χ2v) is 5.20. The summed E-state index contributed by atoms with van der Waals surface area (Å²) < 4.78 is 1.89. The predicted molar refractivity (Wildman–Crippen MR) is 83.7 cm³/mol. The van der Waals surface area contributed by atoms with Crippen LogP contribution in [0.5, 0.6) is 0 Å². The van der Waals surface area contributed by atoms with E-state index in [0.717, 1.165) is 22.4 Å². The molecule has 0 fully saturated rings. The fourth-order valence-corrected chi connectivity index (χ4v) is 2.55. The highest BCUT2D eigenvalue weighted by molar-refractivity contribution is 5.67. The van der Waals surface area contributed by atoms with Crippen LogP contribution in [-0.4, -0.2) is 14.7 Å². The first-order chi connectivity index (χ1) is 10.2. The van der Waals surface area contributed by atoms with E-state index in [2.05, 4.69) is 17.1 Å². The molecular weight excluding hydrogens is 260 g/mol. The molecule has 1 atom stereocenters. The first kappa shape index (κ1) is 13.6. The second-order valence-electron chi connectivity index (χ2n) is 5.20. The molecule has 0 amide bonds. The van der Waals surface area contributed by atoms with Gasteiger partial charge in [-0.05, 0) is 16.7 Å². The van der Waals surface area contributed by atoms with Gasteiger partial charge in [0.2, 0.25) is 0 Å². The quantitative estimate of drug-likeness (QED) is 0.794. The third-order valence-corrected chi connectivity index (χ3v) is 3.57. The molecule has 0 radical (unpaired) electrons. The number of imidazole rings is 1. The third-order valence-electron chi connectivity index (χ3n) is 3.57. The van der Waals surface area contributed by atoms with Crippen molar-refractivity contribution in [2.24, 2.45) is 7.05 Å². The Morgan fingerprint density at radius 2 is 1.76 bits per heavy atom. The largest absolute Gasteiger partial charge is 0.388 e. The second kappa shape index (κ2) is 5.94. The summed E-state index contributed by atoms with van der Waals surface area (Å²) in [6.07, 6.45) is 3.65. The molecule has 0 spiro atoms. The third kappa shape index (κ3) is 3.03. The number of aromatic nitrogens is 2. The van der Waals surface area contributed by atoms with Crippen molar-refractivity contribution in [2.45, 2.75) is 12.5 Å². The Balaban J connectivity index is 1.91. The van der Waals surface area contributed by atoms with Crippen molar-refractivity contribution in [3.8, 4) is 11.1 Å². The minimum Gasteiger partial charge on any atom is -0.388 e. The standard InChI is InChI=1S/C18H18N2O/c1-20-12-15(19-13-20)11-18(21)17-10-6-5-9-16(17)14-7-3-2-4-8-14/h2-10,12-13,18,21H,11H2,1H3. The van der Waals surface area contributed by atoms with Crippen LogP contribution in [-0.2, 0) is 13.5 Å². The minimum absolute atomic E-state index is 0.519. The number of hydrogen-bond donors (Lipinski definition) is 1. The SMILES string of the molecule is Cn1cnc(CC(O)c2ccccc2-c2ccccc2)c1. The Morgan fingerprint density at radius 1 is 1.05 bits per heavy atom. The molecule has 1 N–H and O–H groups in total. The first-order valence-electron chi connectivity index (χ1n) is 7.03. The molecular formula is C18H18N2O. The average Bonchev–Trinajstić information content (AvgIpc) is 2.93. The highest BCUT2D eigenvalue weighted by atomic mass is 16.3. The van der Waals surface area contributed by atoms with Crippen LogP contribution in [0.1, 0.15) is 17.4 Å². The Morgan fingerprint density at radius 3 is 2.48 bits per heavy atom. The number of aliphatic hydroxyl groups excluding tert-OH is 1. The highest BCUT2D eigenvalue weighted by Gasteiger charge is 2.14. The molecule has 0 aliphatic carbocycles. The van der Waals surface area contributed by atoms with Crippen LogP contribution in [0.15, 0.2) is 67.1 Å². The summed E-state index contributed by atoms with van der Waals surface area (Å²) in [5.74, 6) is 0. The Hall–Kier alpha value is -2.39. The number of hydrogen-bond acceptors (Lipinski definition) is 2. The van der Waals surface area contributed by atoms with E-state index in [-0.39, 0.29) is 0 Å². The lowest BCUT2D eigenvalue weighted by molar-refractivity contribution is 0.178. The first-order valence-corrected chi connectivity index (χ1v) is 7.03. The van der Waals surface area contributed by atoms with Gasteiger partial charge in [-0.2, -0.15) is 0 Å². The lowest BCUT2D eigenvalue weighted by Crippen LogP contribution is -2.04. The lowest BCUT2D eigenvalue weighted by atomic mass is 9.94. The monoisotopic (exact) mass is 278 g/mol. The Bertz CT molecular complexity index is 719. The summed E-state index contributed by atoms with van der Waals surface area (Å²) in [6.45, 7) is 0. The van der Waals surface area contributed by atoms with Crippen molar-refractivity contribution < 1.29 is 5.11 Å². The molecule has 3 heteroatoms. The lowest BCUT2D eigenvalue weighted by Gasteiger charge is -2.15. The number of nitrogens with zero attached hydrogens (tertiary/aromatic N) is 2. The fraction of sp³-hybridized carbons (Fsp3) is 0.167. The number of rotatable bonds is 4. The van der Waals surface area contributed by atoms with Gasteiger partial charge in [-0.1, -0.05) is 54.6 Å². The van der Waals surface area contributed by atoms with E-state index in [0.29, 0.717) is 6.42 Å². The minimum atomic E-state index is -0.559. The van der Waals surface area contributed by atoms with Crippen LogP contribution in [0.2, 0.25) is 0 Å². The van der Waals surface area contributed by atoms with Gasteiger partial charge in [-0.3, -0.25) is 0 Å². The van der Waals surface area contributed by atoms with Crippen molar-refractivity contribution in [3.63, 3.8) is 0 Å². The van der Waals surface area contributed by atoms with Gasteiger partial charge in [0.15, 0.2) is 0 Å². The van der Waals surface area contributed by atoms with Gasteiger partial charge >= 0.3 is 0 Å². The smallest absolute Gasteiger partial charge is 0.0946 e. The molecule has 1 unspecified atom stereocenters. The van der Waals surface area contributed by atoms with E-state index in [1.807, 2.05) is 60.3 Å². The van der Waals surface area contributed by atoms with Crippen LogP contribution in [0.25, 0.3) is 11.1 Å². The van der Waals surface area contributed by atoms with Gasteiger partial charge in [-0.15, -0.1) is 0 Å². The van der Waals surface area contributed by atoms with Gasteiger partial charge in [-0.25, -0.2) is 4.98 Å². The van der Waals surface area contributed by atoms with Crippen molar-refractivity contribution in [1.82, 2.24) is 9.55 Å². The topological polar surface area (TPSA) is 38.0 Å². The zero-order valence-corrected chi connectivity index (χ0v) is 12.0. The summed E-state index contributed by atoms with van der Waals surface area (Å²) in [5.41, 5.74) is 4.02. The Kier molecular flexibility index (Phi) is 3.84. The van der Waals surface area contributed by atoms with Gasteiger partial charge in [0.25, 0.3) is 0 Å². The molecule has 0 saturated heterocycles. The highest BCUT2D eigenvalue weighted by Crippen LogP contribution is 2.29. The molecule has 3 nitrogen and oxygen atoms in total. The van der Waals surface area contributed by atoms with E-state index in [1.54, 1.807) is 6.33 Å². The molecule has 0 aliphatic heterocycles. The van der Waals surface area contributed by atoms with Gasteiger partial charge in [0.05, 0.1) is 18.1 Å². The van der Waals surface area contributed by atoms with Crippen molar-refractivity contribution >= 4 is 0 Å². The van der Waals surface area contributed by atoms with Crippen LogP contribution in [0.4, 0.5) is 0 Å². The van der Waals surface area contributed by atoms with Crippen LogP contribution < -0.4 is 0 Å². The Labute approximate surface area is 124 Å². The maximum absolute atomic E-state index is 10.6. The molecule has 106 valence electrons. The zero-order valence-electron chi connectivity index (χ0n) is 12.0. The number of aryl methyl sites for hydroxylation is 1. The molecule has 0 aliphatic rings. The molecule has 1 aromatic heterocycles. The number of aliphatic hydroxyl groups is 1. The van der Waals surface area contributed by atoms with E-state index in [9.17, 15) is 5.11 Å². The van der Waals surface area contributed by atoms with E-state index >= 15 is 0 Å². The van der Waals surface area contributed by atoms with Gasteiger partial charge in [0.1, 0.15) is 0 Å². The van der Waals surface area contributed by atoms with Crippen molar-refractivity contribution in [2.75, 3.05) is 0 Å². The molecule has 21 heavy (non-hydrogen) atoms. The normalized spacial score (nSPS) is 12.3. The van der Waals surface area contributed by atoms with Gasteiger partial charge < -0.3 is 9.67 Å². The molecule has 2 aromatic carbocycles. The maximum atomic E-state index is 10.6.